The van der Waals surface area contributed by atoms with Crippen LogP contribution in [0.15, 0.2) is 102 Å². The molecule has 0 heterocycles. The van der Waals surface area contributed by atoms with Gasteiger partial charge in [0.25, 0.3) is 0 Å². The number of ether oxygens (including phenoxy) is 2. The minimum atomic E-state index is -0.953. The highest BCUT2D eigenvalue weighted by atomic mass is 32.2. The van der Waals surface area contributed by atoms with E-state index in [0.717, 1.165) is 16.9 Å². The first-order valence-electron chi connectivity index (χ1n) is 10.2. The molecule has 0 aliphatic carbocycles. The van der Waals surface area contributed by atoms with Crippen molar-refractivity contribution in [3.63, 3.8) is 0 Å². The van der Waals surface area contributed by atoms with Crippen LogP contribution in [0, 0.1) is 0 Å². The van der Waals surface area contributed by atoms with Crippen molar-refractivity contribution in [2.45, 2.75) is 25.0 Å². The third kappa shape index (κ3) is 8.32. The van der Waals surface area contributed by atoms with Gasteiger partial charge in [0.1, 0.15) is 19.3 Å². The molecule has 5 nitrogen and oxygen atoms in total. The molecule has 1 unspecified atom stereocenters. The number of thioether (sulfide) groups is 1. The molecule has 0 bridgehead atoms. The van der Waals surface area contributed by atoms with Crippen molar-refractivity contribution in [1.29, 1.82) is 0 Å². The molecule has 0 spiro atoms. The summed E-state index contributed by atoms with van der Waals surface area (Å²) >= 11 is 1.52. The topological polar surface area (TPSA) is 64.6 Å². The van der Waals surface area contributed by atoms with Gasteiger partial charge in [-0.25, -0.2) is 9.59 Å². The van der Waals surface area contributed by atoms with Crippen LogP contribution in [0.25, 0.3) is 0 Å². The average Bonchev–Trinajstić information content (AvgIpc) is 2.85. The van der Waals surface area contributed by atoms with Crippen LogP contribution in [0.5, 0.6) is 0 Å². The fourth-order valence-electron chi connectivity index (χ4n) is 2.75. The maximum atomic E-state index is 12.6. The number of carbonyl (C=O) groups excluding carboxylic acids is 2. The number of benzene rings is 3. The zero-order valence-corrected chi connectivity index (χ0v) is 18.4. The quantitative estimate of drug-likeness (QED) is 0.418. The first-order chi connectivity index (χ1) is 15.7. The Morgan fingerprint density at radius 3 is 1.81 bits per heavy atom. The maximum absolute atomic E-state index is 12.6. The minimum absolute atomic E-state index is 0.116. The summed E-state index contributed by atoms with van der Waals surface area (Å²) in [5, 5.41) is 4.38. The Hall–Kier alpha value is -3.51. The van der Waals surface area contributed by atoms with Crippen molar-refractivity contribution >= 4 is 23.8 Å². The van der Waals surface area contributed by atoms with E-state index in [1.54, 1.807) is 11.5 Å². The lowest BCUT2D eigenvalue weighted by atomic mass is 10.2. The van der Waals surface area contributed by atoms with E-state index in [4.69, 9.17) is 9.47 Å². The number of alkyl carbamates (subject to hydrolysis) is 1. The number of hydrogen-bond donors (Lipinski definition) is 1. The van der Waals surface area contributed by atoms with Crippen molar-refractivity contribution in [3.8, 4) is 0 Å². The second-order valence-electron chi connectivity index (χ2n) is 6.90. The van der Waals surface area contributed by atoms with Gasteiger partial charge in [0.15, 0.2) is 0 Å². The molecule has 0 aliphatic rings. The molecule has 0 radical (unpaired) electrons. The van der Waals surface area contributed by atoms with Crippen molar-refractivity contribution < 1.29 is 19.1 Å². The second-order valence-corrected chi connectivity index (χ2v) is 7.80. The Kier molecular flexibility index (Phi) is 9.42. The molecule has 3 rings (SSSR count). The Bertz CT molecular complexity index is 994. The zero-order chi connectivity index (χ0) is 22.4. The number of esters is 1. The number of carbonyl (C=O) groups is 2. The molecule has 32 heavy (non-hydrogen) atoms. The number of hydrogen-bond acceptors (Lipinski definition) is 5. The highest BCUT2D eigenvalue weighted by Gasteiger charge is 2.20. The smallest absolute Gasteiger partial charge is 0.408 e. The van der Waals surface area contributed by atoms with E-state index in [9.17, 15) is 9.59 Å². The van der Waals surface area contributed by atoms with E-state index >= 15 is 0 Å². The standard InChI is InChI=1S/C26H25NO4S/c28-25(30-18-21-10-4-1-5-11-21)24(16-17-32-20-23-14-8-3-9-15-23)27-26(29)31-19-22-12-6-2-7-13-22/h1-17,24H,18-20H2,(H,27,29)/b17-16+. The molecule has 1 amide bonds. The molecule has 6 heteroatoms. The molecule has 1 N–H and O–H groups in total. The van der Waals surface area contributed by atoms with Crippen molar-refractivity contribution in [2.75, 3.05) is 0 Å². The predicted molar refractivity (Wildman–Crippen MR) is 127 cm³/mol. The highest BCUT2D eigenvalue weighted by molar-refractivity contribution is 8.01. The molecule has 3 aromatic rings. The molecule has 164 valence electrons. The molecule has 0 fully saturated rings. The van der Waals surface area contributed by atoms with Crippen LogP contribution in [0.1, 0.15) is 16.7 Å². The Balaban J connectivity index is 1.56. The maximum Gasteiger partial charge on any atom is 0.408 e. The van der Waals surface area contributed by atoms with Gasteiger partial charge in [-0.15, -0.1) is 11.8 Å². The van der Waals surface area contributed by atoms with Gasteiger partial charge in [-0.05, 0) is 28.2 Å². The SMILES string of the molecule is O=C(NC(/C=C/SCc1ccccc1)C(=O)OCc1ccccc1)OCc1ccccc1. The Morgan fingerprint density at radius 2 is 1.25 bits per heavy atom. The van der Waals surface area contributed by atoms with Gasteiger partial charge in [-0.3, -0.25) is 0 Å². The minimum Gasteiger partial charge on any atom is -0.459 e. The van der Waals surface area contributed by atoms with Crippen LogP contribution in [-0.4, -0.2) is 18.1 Å². The van der Waals surface area contributed by atoms with E-state index in [-0.39, 0.29) is 13.2 Å². The lowest BCUT2D eigenvalue weighted by molar-refractivity contribution is -0.146. The molecule has 0 saturated heterocycles. The van der Waals surface area contributed by atoms with Gasteiger partial charge in [0.05, 0.1) is 0 Å². The van der Waals surface area contributed by atoms with E-state index in [1.165, 1.54) is 17.3 Å². The normalized spacial score (nSPS) is 11.6. The summed E-state index contributed by atoms with van der Waals surface area (Å²) in [5.41, 5.74) is 2.90. The Labute approximate surface area is 192 Å². The van der Waals surface area contributed by atoms with Gasteiger partial charge < -0.3 is 14.8 Å². The van der Waals surface area contributed by atoms with Crippen molar-refractivity contribution in [3.05, 3.63) is 119 Å². The van der Waals surface area contributed by atoms with Crippen LogP contribution in [0.4, 0.5) is 4.79 Å². The predicted octanol–water partition coefficient (Wildman–Crippen LogP) is 5.47. The van der Waals surface area contributed by atoms with E-state index in [2.05, 4.69) is 5.32 Å². The summed E-state index contributed by atoms with van der Waals surface area (Å²) in [5.74, 6) is 0.198. The Morgan fingerprint density at radius 1 is 0.750 bits per heavy atom. The van der Waals surface area contributed by atoms with Crippen LogP contribution in [-0.2, 0) is 33.2 Å². The fourth-order valence-corrected chi connectivity index (χ4v) is 3.50. The van der Waals surface area contributed by atoms with Crippen molar-refractivity contribution in [2.24, 2.45) is 0 Å². The first-order valence-corrected chi connectivity index (χ1v) is 11.3. The van der Waals surface area contributed by atoms with Gasteiger partial charge in [0.2, 0.25) is 0 Å². The molecule has 0 saturated carbocycles. The number of amides is 1. The van der Waals surface area contributed by atoms with Crippen LogP contribution < -0.4 is 5.32 Å². The number of nitrogens with one attached hydrogen (secondary N) is 1. The summed E-state index contributed by atoms with van der Waals surface area (Å²) in [7, 11) is 0. The molecule has 3 aromatic carbocycles. The van der Waals surface area contributed by atoms with Crippen LogP contribution in [0.2, 0.25) is 0 Å². The molecular weight excluding hydrogens is 422 g/mol. The fraction of sp³-hybridized carbons (Fsp3) is 0.154. The summed E-state index contributed by atoms with van der Waals surface area (Å²) in [6.45, 7) is 0.243. The third-order valence-corrected chi connectivity index (χ3v) is 5.27. The second kappa shape index (κ2) is 13.0. The van der Waals surface area contributed by atoms with Gasteiger partial charge >= 0.3 is 12.1 Å². The largest absolute Gasteiger partial charge is 0.459 e. The summed E-state index contributed by atoms with van der Waals surface area (Å²) < 4.78 is 10.6. The van der Waals surface area contributed by atoms with E-state index in [1.807, 2.05) is 91.0 Å². The van der Waals surface area contributed by atoms with E-state index in [0.29, 0.717) is 0 Å². The number of rotatable bonds is 10. The monoisotopic (exact) mass is 447 g/mol. The van der Waals surface area contributed by atoms with Crippen LogP contribution in [0.3, 0.4) is 0 Å². The lowest BCUT2D eigenvalue weighted by Gasteiger charge is -2.15. The summed E-state index contributed by atoms with van der Waals surface area (Å²) in [6.07, 6.45) is 0.929. The van der Waals surface area contributed by atoms with Crippen molar-refractivity contribution in [1.82, 2.24) is 5.32 Å². The lowest BCUT2D eigenvalue weighted by Crippen LogP contribution is -2.40. The summed E-state index contributed by atoms with van der Waals surface area (Å²) in [4.78, 5) is 24.9. The molecule has 1 atom stereocenters. The van der Waals surface area contributed by atoms with Crippen LogP contribution >= 0.6 is 11.8 Å². The van der Waals surface area contributed by atoms with Gasteiger partial charge in [-0.2, -0.15) is 0 Å². The molecular formula is C26H25NO4S. The first kappa shape index (κ1) is 23.2. The van der Waals surface area contributed by atoms with Gasteiger partial charge in [-0.1, -0.05) is 91.0 Å². The third-order valence-electron chi connectivity index (χ3n) is 4.42. The summed E-state index contributed by atoms with van der Waals surface area (Å²) in [6, 6.07) is 27.8. The highest BCUT2D eigenvalue weighted by Crippen LogP contribution is 2.13. The van der Waals surface area contributed by atoms with E-state index < -0.39 is 18.1 Å². The zero-order valence-electron chi connectivity index (χ0n) is 17.6. The molecule has 0 aromatic heterocycles. The van der Waals surface area contributed by atoms with Gasteiger partial charge in [0, 0.05) is 5.75 Å². The average molecular weight is 448 g/mol. The molecule has 0 aliphatic heterocycles.